The van der Waals surface area contributed by atoms with E-state index in [1.54, 1.807) is 24.5 Å². The number of aromatic nitrogens is 1. The molecule has 3 aromatic rings. The molecule has 2 aromatic carbocycles. The van der Waals surface area contributed by atoms with Gasteiger partial charge in [-0.15, -0.1) is 0 Å². The summed E-state index contributed by atoms with van der Waals surface area (Å²) in [5, 5.41) is 22.6. The number of anilines is 1. The largest absolute Gasteiger partial charge is 0.366 e. The smallest absolute Gasteiger partial charge is 0.278 e. The van der Waals surface area contributed by atoms with E-state index in [4.69, 9.17) is 0 Å². The number of hydrogen-bond donors (Lipinski definition) is 0. The summed E-state index contributed by atoms with van der Waals surface area (Å²) >= 11 is 0. The van der Waals surface area contributed by atoms with Crippen LogP contribution in [0.25, 0.3) is 10.8 Å². The molecule has 1 fully saturated rings. The fraction of sp³-hybridized carbons (Fsp3) is 0.238. The van der Waals surface area contributed by atoms with Gasteiger partial charge in [0.25, 0.3) is 5.69 Å². The van der Waals surface area contributed by atoms with E-state index in [2.05, 4.69) is 16.0 Å². The molecule has 2 atom stereocenters. The molecule has 4 rings (SSSR count). The summed E-state index contributed by atoms with van der Waals surface area (Å²) in [6, 6.07) is 17.5. The molecule has 1 saturated heterocycles. The van der Waals surface area contributed by atoms with Crippen molar-refractivity contribution in [2.24, 2.45) is 0 Å². The van der Waals surface area contributed by atoms with Crippen LogP contribution in [0.2, 0.25) is 0 Å². The van der Waals surface area contributed by atoms with Crippen LogP contribution in [0, 0.1) is 21.4 Å². The van der Waals surface area contributed by atoms with E-state index in [-0.39, 0.29) is 22.6 Å². The van der Waals surface area contributed by atoms with E-state index in [9.17, 15) is 15.4 Å². The highest BCUT2D eigenvalue weighted by Crippen LogP contribution is 2.39. The molecule has 6 heteroatoms. The van der Waals surface area contributed by atoms with Crippen LogP contribution in [0.3, 0.4) is 0 Å². The highest BCUT2D eigenvalue weighted by atomic mass is 16.6. The highest BCUT2D eigenvalue weighted by molar-refractivity contribution is 5.99. The summed E-state index contributed by atoms with van der Waals surface area (Å²) in [5.41, 5.74) is 1.99. The molecule has 1 aliphatic rings. The molecule has 0 amide bonds. The topological polar surface area (TPSA) is 83.1 Å². The Bertz CT molecular complexity index is 1030. The van der Waals surface area contributed by atoms with Crippen LogP contribution in [-0.2, 0) is 0 Å². The zero-order chi connectivity index (χ0) is 18.8. The second kappa shape index (κ2) is 7.04. The summed E-state index contributed by atoms with van der Waals surface area (Å²) in [5.74, 6) is -0.249. The van der Waals surface area contributed by atoms with Crippen molar-refractivity contribution in [1.82, 2.24) is 4.98 Å². The summed E-state index contributed by atoms with van der Waals surface area (Å²) < 4.78 is 0. The second-order valence-electron chi connectivity index (χ2n) is 6.70. The first-order valence-electron chi connectivity index (χ1n) is 8.93. The third kappa shape index (κ3) is 2.97. The lowest BCUT2D eigenvalue weighted by atomic mass is 9.90. The van der Waals surface area contributed by atoms with Crippen LogP contribution >= 0.6 is 0 Å². The van der Waals surface area contributed by atoms with Crippen molar-refractivity contribution >= 4 is 22.1 Å². The molecule has 1 aliphatic heterocycles. The number of non-ortho nitro benzene ring substituents is 1. The number of rotatable bonds is 4. The predicted molar refractivity (Wildman–Crippen MR) is 104 cm³/mol. The van der Waals surface area contributed by atoms with E-state index < -0.39 is 0 Å². The molecule has 2 unspecified atom stereocenters. The first-order valence-corrected chi connectivity index (χ1v) is 8.93. The maximum Gasteiger partial charge on any atom is 0.278 e. The predicted octanol–water partition coefficient (Wildman–Crippen LogP) is 4.42. The quantitative estimate of drug-likeness (QED) is 0.509. The van der Waals surface area contributed by atoms with Gasteiger partial charge in [0.1, 0.15) is 0 Å². The fourth-order valence-corrected chi connectivity index (χ4v) is 4.05. The average molecular weight is 358 g/mol. The Hall–Kier alpha value is -3.46. The van der Waals surface area contributed by atoms with Crippen molar-refractivity contribution in [2.75, 3.05) is 11.4 Å². The van der Waals surface area contributed by atoms with E-state index in [0.29, 0.717) is 5.39 Å². The van der Waals surface area contributed by atoms with Crippen LogP contribution in [-0.4, -0.2) is 22.5 Å². The minimum Gasteiger partial charge on any atom is -0.366 e. The van der Waals surface area contributed by atoms with Gasteiger partial charge >= 0.3 is 0 Å². The molecule has 1 aromatic heterocycles. The molecular formula is C21H18N4O2. The van der Waals surface area contributed by atoms with Gasteiger partial charge in [-0.3, -0.25) is 15.1 Å². The van der Waals surface area contributed by atoms with Gasteiger partial charge in [0.15, 0.2) is 0 Å². The van der Waals surface area contributed by atoms with Gasteiger partial charge in [0.2, 0.25) is 0 Å². The zero-order valence-electron chi connectivity index (χ0n) is 14.7. The van der Waals surface area contributed by atoms with Crippen molar-refractivity contribution in [3.63, 3.8) is 0 Å². The van der Waals surface area contributed by atoms with Crippen molar-refractivity contribution < 1.29 is 4.92 Å². The van der Waals surface area contributed by atoms with Gasteiger partial charge in [-0.05, 0) is 30.5 Å². The molecule has 0 aliphatic carbocycles. The number of hydrogen-bond acceptors (Lipinski definition) is 5. The third-order valence-corrected chi connectivity index (χ3v) is 5.26. The molecule has 0 saturated carbocycles. The van der Waals surface area contributed by atoms with Crippen molar-refractivity contribution in [2.45, 2.75) is 24.8 Å². The first kappa shape index (κ1) is 17.0. The zero-order valence-corrected chi connectivity index (χ0v) is 14.7. The molecule has 6 nitrogen and oxygen atoms in total. The Labute approximate surface area is 156 Å². The Morgan fingerprint density at radius 2 is 2.00 bits per heavy atom. The van der Waals surface area contributed by atoms with Gasteiger partial charge in [-0.2, -0.15) is 5.26 Å². The van der Waals surface area contributed by atoms with Crippen LogP contribution in [0.5, 0.6) is 0 Å². The lowest BCUT2D eigenvalue weighted by Crippen LogP contribution is -2.34. The number of benzene rings is 2. The number of nitrogens with zero attached hydrogens (tertiary/aromatic N) is 4. The van der Waals surface area contributed by atoms with E-state index >= 15 is 0 Å². The second-order valence-corrected chi connectivity index (χ2v) is 6.70. The van der Waals surface area contributed by atoms with Gasteiger partial charge in [0, 0.05) is 42.1 Å². The number of nitro benzene ring substituents is 1. The summed E-state index contributed by atoms with van der Waals surface area (Å²) in [4.78, 5) is 17.3. The van der Waals surface area contributed by atoms with E-state index in [0.717, 1.165) is 36.0 Å². The maximum atomic E-state index is 11.4. The Morgan fingerprint density at radius 3 is 2.74 bits per heavy atom. The van der Waals surface area contributed by atoms with Crippen LogP contribution in [0.4, 0.5) is 11.4 Å². The third-order valence-electron chi connectivity index (χ3n) is 5.26. The minimum absolute atomic E-state index is 0.0372. The summed E-state index contributed by atoms with van der Waals surface area (Å²) in [7, 11) is 0. The standard InChI is InChI=1S/C21H18N4O2/c22-13-17(15-5-2-1-3-6-15)19-7-4-12-24(19)20-8-9-21(25(26)27)18-14-23-11-10-16(18)20/h1-3,5-6,8-11,14,17,19H,4,7,12H2. The van der Waals surface area contributed by atoms with Crippen molar-refractivity contribution in [1.29, 1.82) is 5.26 Å². The van der Waals surface area contributed by atoms with Gasteiger partial charge in [0.05, 0.1) is 22.3 Å². The first-order chi connectivity index (χ1) is 13.2. The molecule has 134 valence electrons. The van der Waals surface area contributed by atoms with E-state index in [1.807, 2.05) is 36.4 Å². The number of nitro groups is 1. The molecule has 2 heterocycles. The molecule has 27 heavy (non-hydrogen) atoms. The molecule has 0 radical (unpaired) electrons. The van der Waals surface area contributed by atoms with Crippen molar-refractivity contribution in [3.8, 4) is 6.07 Å². The molecule has 0 N–H and O–H groups in total. The van der Waals surface area contributed by atoms with Crippen LogP contribution in [0.1, 0.15) is 24.3 Å². The summed E-state index contributed by atoms with van der Waals surface area (Å²) in [6.07, 6.45) is 5.09. The van der Waals surface area contributed by atoms with E-state index in [1.165, 1.54) is 0 Å². The van der Waals surface area contributed by atoms with Gasteiger partial charge < -0.3 is 4.90 Å². The fourth-order valence-electron chi connectivity index (χ4n) is 4.05. The minimum atomic E-state index is -0.378. The monoisotopic (exact) mass is 358 g/mol. The maximum absolute atomic E-state index is 11.4. The van der Waals surface area contributed by atoms with Crippen LogP contribution < -0.4 is 4.90 Å². The number of pyridine rings is 1. The Balaban J connectivity index is 1.80. The van der Waals surface area contributed by atoms with Gasteiger partial charge in [-0.25, -0.2) is 0 Å². The lowest BCUT2D eigenvalue weighted by molar-refractivity contribution is -0.383. The van der Waals surface area contributed by atoms with Gasteiger partial charge in [-0.1, -0.05) is 30.3 Å². The molecular weight excluding hydrogens is 340 g/mol. The van der Waals surface area contributed by atoms with Crippen molar-refractivity contribution in [3.05, 3.63) is 76.6 Å². The summed E-state index contributed by atoms with van der Waals surface area (Å²) in [6.45, 7) is 0.824. The molecule has 0 spiro atoms. The molecule has 0 bridgehead atoms. The Morgan fingerprint density at radius 1 is 1.19 bits per heavy atom. The lowest BCUT2D eigenvalue weighted by Gasteiger charge is -2.31. The van der Waals surface area contributed by atoms with Crippen LogP contribution in [0.15, 0.2) is 60.9 Å². The highest BCUT2D eigenvalue weighted by Gasteiger charge is 2.34. The Kier molecular flexibility index (Phi) is 4.43. The average Bonchev–Trinajstić information content (AvgIpc) is 3.17. The number of fused-ring (bicyclic) bond motifs is 1. The number of nitriles is 1. The normalized spacial score (nSPS) is 17.6. The SMILES string of the molecule is N#CC(c1ccccc1)C1CCCN1c1ccc([N+](=O)[O-])c2cnccc12.